The van der Waals surface area contributed by atoms with Gasteiger partial charge >= 0.3 is 0 Å². The maximum absolute atomic E-state index is 13.7. The van der Waals surface area contributed by atoms with Gasteiger partial charge in [-0.25, -0.2) is 8.78 Å². The fraction of sp³-hybridized carbons (Fsp3) is 0.600. The first-order chi connectivity index (χ1) is 8.58. The monoisotopic (exact) mass is 364 g/mol. The van der Waals surface area contributed by atoms with Gasteiger partial charge in [0.05, 0.1) is 3.57 Å². The minimum absolute atomic E-state index is 0.361. The van der Waals surface area contributed by atoms with Gasteiger partial charge in [-0.3, -0.25) is 0 Å². The second-order valence-electron chi connectivity index (χ2n) is 5.50. The summed E-state index contributed by atoms with van der Waals surface area (Å²) < 4.78 is 27.5. The molecule has 0 heterocycles. The number of hydrogen-bond acceptors (Lipinski definition) is 0. The number of halogens is 3. The highest BCUT2D eigenvalue weighted by Gasteiger charge is 2.19. The maximum Gasteiger partial charge on any atom is 0.172 e. The van der Waals surface area contributed by atoms with Crippen LogP contribution in [0, 0.1) is 27.0 Å². The first-order valence-corrected chi connectivity index (χ1v) is 7.78. The Hall–Kier alpha value is -0.190. The second-order valence-corrected chi connectivity index (χ2v) is 6.66. The van der Waals surface area contributed by atoms with Crippen molar-refractivity contribution >= 4 is 22.6 Å². The standard InChI is InChI=1S/C15H19F2I/c1-10-2-4-11(5-3-10)6-7-12-8-9-13(18)15(17)14(12)16/h8-11H,2-7H2,1H3. The highest BCUT2D eigenvalue weighted by atomic mass is 127. The second kappa shape index (κ2) is 6.31. The van der Waals surface area contributed by atoms with Gasteiger partial charge in [-0.2, -0.15) is 0 Å². The molecule has 3 heteroatoms. The molecular formula is C15H19F2I. The van der Waals surface area contributed by atoms with Crippen molar-refractivity contribution in [3.8, 4) is 0 Å². The molecule has 100 valence electrons. The van der Waals surface area contributed by atoms with Crippen molar-refractivity contribution in [1.29, 1.82) is 0 Å². The molecule has 18 heavy (non-hydrogen) atoms. The summed E-state index contributed by atoms with van der Waals surface area (Å²) in [5.74, 6) is 0.202. The average Bonchev–Trinajstić information content (AvgIpc) is 2.37. The van der Waals surface area contributed by atoms with E-state index in [0.717, 1.165) is 12.3 Å². The Labute approximate surface area is 121 Å². The van der Waals surface area contributed by atoms with Crippen LogP contribution in [0.5, 0.6) is 0 Å². The molecule has 0 saturated heterocycles. The zero-order chi connectivity index (χ0) is 13.1. The summed E-state index contributed by atoms with van der Waals surface area (Å²) in [7, 11) is 0. The molecule has 0 radical (unpaired) electrons. The molecule has 1 aliphatic rings. The summed E-state index contributed by atoms with van der Waals surface area (Å²) in [5, 5.41) is 0. The third kappa shape index (κ3) is 3.43. The smallest absolute Gasteiger partial charge is 0.172 e. The Bertz CT molecular complexity index is 409. The van der Waals surface area contributed by atoms with Crippen LogP contribution in [0.4, 0.5) is 8.78 Å². The van der Waals surface area contributed by atoms with E-state index in [1.807, 2.05) is 22.6 Å². The van der Waals surface area contributed by atoms with E-state index in [-0.39, 0.29) is 0 Å². The molecule has 1 aromatic rings. The fourth-order valence-corrected chi connectivity index (χ4v) is 3.15. The van der Waals surface area contributed by atoms with Crippen LogP contribution < -0.4 is 0 Å². The molecule has 0 amide bonds. The van der Waals surface area contributed by atoms with Crippen LogP contribution >= 0.6 is 22.6 Å². The Kier molecular flexibility index (Phi) is 4.98. The van der Waals surface area contributed by atoms with E-state index in [1.165, 1.54) is 25.7 Å². The molecule has 0 nitrogen and oxygen atoms in total. The lowest BCUT2D eigenvalue weighted by Gasteiger charge is -2.26. The lowest BCUT2D eigenvalue weighted by molar-refractivity contribution is 0.277. The number of hydrogen-bond donors (Lipinski definition) is 0. The molecule has 0 atom stereocenters. The number of aryl methyl sites for hydroxylation is 1. The van der Waals surface area contributed by atoms with E-state index >= 15 is 0 Å². The van der Waals surface area contributed by atoms with Crippen LogP contribution in [-0.2, 0) is 6.42 Å². The lowest BCUT2D eigenvalue weighted by Crippen LogP contribution is -2.13. The topological polar surface area (TPSA) is 0 Å². The molecule has 0 spiro atoms. The summed E-state index contributed by atoms with van der Waals surface area (Å²) in [6.45, 7) is 2.30. The number of rotatable bonds is 3. The predicted molar refractivity (Wildman–Crippen MR) is 78.5 cm³/mol. The molecule has 1 saturated carbocycles. The van der Waals surface area contributed by atoms with E-state index in [0.29, 0.717) is 21.5 Å². The summed E-state index contributed by atoms with van der Waals surface area (Å²) in [4.78, 5) is 0. The highest BCUT2D eigenvalue weighted by Crippen LogP contribution is 2.31. The van der Waals surface area contributed by atoms with Crippen LogP contribution in [0.3, 0.4) is 0 Å². The Morgan fingerprint density at radius 2 is 1.78 bits per heavy atom. The third-order valence-corrected chi connectivity index (χ3v) is 4.91. The average molecular weight is 364 g/mol. The van der Waals surface area contributed by atoms with Gasteiger partial charge < -0.3 is 0 Å². The van der Waals surface area contributed by atoms with Gasteiger partial charge in [0.1, 0.15) is 0 Å². The Balaban J connectivity index is 1.92. The summed E-state index contributed by atoms with van der Waals surface area (Å²) in [6.07, 6.45) is 6.72. The first kappa shape index (κ1) is 14.2. The van der Waals surface area contributed by atoms with Gasteiger partial charge in [-0.05, 0) is 58.9 Å². The van der Waals surface area contributed by atoms with E-state index in [4.69, 9.17) is 0 Å². The zero-order valence-corrected chi connectivity index (χ0v) is 12.8. The van der Waals surface area contributed by atoms with Crippen molar-refractivity contribution in [3.63, 3.8) is 0 Å². The van der Waals surface area contributed by atoms with Gasteiger partial charge in [0.15, 0.2) is 11.6 Å². The predicted octanol–water partition coefficient (Wildman–Crippen LogP) is 5.33. The van der Waals surface area contributed by atoms with Crippen molar-refractivity contribution in [2.75, 3.05) is 0 Å². The van der Waals surface area contributed by atoms with Gasteiger partial charge in [-0.1, -0.05) is 38.7 Å². The van der Waals surface area contributed by atoms with Gasteiger partial charge in [0.2, 0.25) is 0 Å². The van der Waals surface area contributed by atoms with Crippen LogP contribution in [0.15, 0.2) is 12.1 Å². The molecular weight excluding hydrogens is 345 g/mol. The van der Waals surface area contributed by atoms with Gasteiger partial charge in [0, 0.05) is 0 Å². The summed E-state index contributed by atoms with van der Waals surface area (Å²) in [6, 6.07) is 3.39. The van der Waals surface area contributed by atoms with E-state index in [1.54, 1.807) is 12.1 Å². The minimum atomic E-state index is -0.689. The molecule has 1 aromatic carbocycles. The maximum atomic E-state index is 13.7. The first-order valence-electron chi connectivity index (χ1n) is 6.70. The molecule has 0 N–H and O–H groups in total. The molecule has 0 aromatic heterocycles. The van der Waals surface area contributed by atoms with Crippen molar-refractivity contribution in [2.45, 2.75) is 45.4 Å². The van der Waals surface area contributed by atoms with E-state index < -0.39 is 11.6 Å². The van der Waals surface area contributed by atoms with Crippen molar-refractivity contribution in [1.82, 2.24) is 0 Å². The van der Waals surface area contributed by atoms with E-state index in [9.17, 15) is 8.78 Å². The molecule has 1 aliphatic carbocycles. The Morgan fingerprint density at radius 3 is 2.44 bits per heavy atom. The van der Waals surface area contributed by atoms with Gasteiger partial charge in [-0.15, -0.1) is 0 Å². The largest absolute Gasteiger partial charge is 0.203 e. The number of benzene rings is 1. The molecule has 1 fully saturated rings. The van der Waals surface area contributed by atoms with Crippen LogP contribution in [-0.4, -0.2) is 0 Å². The lowest BCUT2D eigenvalue weighted by atomic mass is 9.80. The summed E-state index contributed by atoms with van der Waals surface area (Å²) in [5.41, 5.74) is 0.534. The molecule has 0 aliphatic heterocycles. The molecule has 2 rings (SSSR count). The van der Waals surface area contributed by atoms with Crippen molar-refractivity contribution in [3.05, 3.63) is 32.9 Å². The normalized spacial score (nSPS) is 24.2. The van der Waals surface area contributed by atoms with E-state index in [2.05, 4.69) is 6.92 Å². The highest BCUT2D eigenvalue weighted by molar-refractivity contribution is 14.1. The van der Waals surface area contributed by atoms with Crippen LogP contribution in [0.2, 0.25) is 0 Å². The molecule has 0 unspecified atom stereocenters. The van der Waals surface area contributed by atoms with Crippen molar-refractivity contribution in [2.24, 2.45) is 11.8 Å². The van der Waals surface area contributed by atoms with Crippen LogP contribution in [0.25, 0.3) is 0 Å². The van der Waals surface area contributed by atoms with Crippen molar-refractivity contribution < 1.29 is 8.78 Å². The fourth-order valence-electron chi connectivity index (χ4n) is 2.74. The zero-order valence-electron chi connectivity index (χ0n) is 10.7. The minimum Gasteiger partial charge on any atom is -0.203 e. The SMILES string of the molecule is CC1CCC(CCc2ccc(I)c(F)c2F)CC1. The molecule has 0 bridgehead atoms. The Morgan fingerprint density at radius 1 is 1.11 bits per heavy atom. The third-order valence-electron chi connectivity index (χ3n) is 4.07. The van der Waals surface area contributed by atoms with Crippen LogP contribution in [0.1, 0.15) is 44.6 Å². The van der Waals surface area contributed by atoms with Gasteiger partial charge in [0.25, 0.3) is 0 Å². The quantitative estimate of drug-likeness (QED) is 0.503. The summed E-state index contributed by atoms with van der Waals surface area (Å²) >= 11 is 1.83.